The predicted molar refractivity (Wildman–Crippen MR) is 209 cm³/mol. The number of benzene rings is 5. The van der Waals surface area contributed by atoms with E-state index in [1.807, 2.05) is 36.4 Å². The molecule has 5 aromatic rings. The molecule has 0 bridgehead atoms. The minimum Gasteiger partial charge on any atom is -0.454 e. The van der Waals surface area contributed by atoms with Crippen molar-refractivity contribution < 1.29 is 34.3 Å². The highest BCUT2D eigenvalue weighted by Gasteiger charge is 2.53. The van der Waals surface area contributed by atoms with E-state index in [1.165, 1.54) is 23.1 Å². The summed E-state index contributed by atoms with van der Waals surface area (Å²) in [6.45, 7) is 1.78. The van der Waals surface area contributed by atoms with E-state index >= 15 is 0 Å². The zero-order valence-corrected chi connectivity index (χ0v) is 30.4. The molecule has 0 aliphatic carbocycles. The van der Waals surface area contributed by atoms with Gasteiger partial charge >= 0.3 is 0 Å². The Bertz CT molecular complexity index is 2430. The van der Waals surface area contributed by atoms with Crippen molar-refractivity contribution in [2.45, 2.75) is 44.5 Å². The monoisotopic (exact) mass is 750 g/mol. The molecule has 3 atom stereocenters. The van der Waals surface area contributed by atoms with Crippen LogP contribution in [0.15, 0.2) is 127 Å². The number of amides is 3. The zero-order valence-electron chi connectivity index (χ0n) is 30.4. The molecule has 0 unspecified atom stereocenters. The molecule has 0 saturated carbocycles. The highest BCUT2D eigenvalue weighted by Crippen LogP contribution is 2.48. The third kappa shape index (κ3) is 6.28. The van der Waals surface area contributed by atoms with Gasteiger partial charge in [0.1, 0.15) is 5.75 Å². The minimum atomic E-state index is -2.20. The van der Waals surface area contributed by atoms with Crippen LogP contribution in [0, 0.1) is 16.0 Å². The molecule has 12 nitrogen and oxygen atoms in total. The topological polar surface area (TPSA) is 154 Å². The molecule has 3 heterocycles. The lowest BCUT2D eigenvalue weighted by atomic mass is 9.82. The Morgan fingerprint density at radius 1 is 0.929 bits per heavy atom. The Hall–Kier alpha value is -6.63. The number of ether oxygens (including phenoxy) is 1. The summed E-state index contributed by atoms with van der Waals surface area (Å²) in [5.41, 5.74) is 2.07. The van der Waals surface area contributed by atoms with Gasteiger partial charge < -0.3 is 24.7 Å². The summed E-state index contributed by atoms with van der Waals surface area (Å²) in [4.78, 5) is 57.8. The van der Waals surface area contributed by atoms with Gasteiger partial charge in [-0.15, -0.1) is 0 Å². The van der Waals surface area contributed by atoms with Crippen molar-refractivity contribution in [3.05, 3.63) is 165 Å². The van der Waals surface area contributed by atoms with Crippen molar-refractivity contribution in [3.63, 3.8) is 0 Å². The van der Waals surface area contributed by atoms with Crippen LogP contribution in [-0.4, -0.2) is 50.4 Å². The van der Waals surface area contributed by atoms with Gasteiger partial charge in [-0.05, 0) is 65.6 Å². The fourth-order valence-electron chi connectivity index (χ4n) is 7.92. The van der Waals surface area contributed by atoms with Crippen LogP contribution in [-0.2, 0) is 34.7 Å². The van der Waals surface area contributed by atoms with Gasteiger partial charge in [0.25, 0.3) is 17.5 Å². The largest absolute Gasteiger partial charge is 0.454 e. The lowest BCUT2D eigenvalue weighted by Crippen LogP contribution is -2.46. The van der Waals surface area contributed by atoms with Crippen LogP contribution < -0.4 is 14.5 Å². The van der Waals surface area contributed by atoms with Crippen molar-refractivity contribution in [3.8, 4) is 11.5 Å². The van der Waals surface area contributed by atoms with Crippen molar-refractivity contribution in [2.24, 2.45) is 5.92 Å². The predicted octanol–water partition coefficient (Wildman–Crippen LogP) is 6.94. The summed E-state index contributed by atoms with van der Waals surface area (Å²) in [7, 11) is 0. The molecule has 3 aliphatic rings. The summed E-state index contributed by atoms with van der Waals surface area (Å²) in [6, 6.07) is 32.7. The van der Waals surface area contributed by atoms with Gasteiger partial charge in [0.15, 0.2) is 11.4 Å². The van der Waals surface area contributed by atoms with Gasteiger partial charge in [0.05, 0.1) is 41.1 Å². The Morgan fingerprint density at radius 2 is 1.66 bits per heavy atom. The molecular weight excluding hydrogens is 713 g/mol. The lowest BCUT2D eigenvalue weighted by Gasteiger charge is -2.36. The number of anilines is 3. The number of aliphatic hydroxyl groups excluding tert-OH is 1. The van der Waals surface area contributed by atoms with Crippen molar-refractivity contribution in [2.75, 3.05) is 16.4 Å². The molecule has 5 aromatic carbocycles. The van der Waals surface area contributed by atoms with Crippen LogP contribution in [0.4, 0.5) is 22.7 Å². The molecule has 3 amide bonds. The van der Waals surface area contributed by atoms with Crippen molar-refractivity contribution >= 4 is 40.5 Å². The molecule has 0 fully saturated rings. The van der Waals surface area contributed by atoms with Gasteiger partial charge in [-0.2, -0.15) is 0 Å². The molecule has 3 aliphatic heterocycles. The van der Waals surface area contributed by atoms with Crippen LogP contribution in [0.1, 0.15) is 46.0 Å². The number of nitrogens with zero attached hydrogens (tertiary/aromatic N) is 4. The summed E-state index contributed by atoms with van der Waals surface area (Å²) >= 11 is 0. The quantitative estimate of drug-likeness (QED) is 0.0934. The van der Waals surface area contributed by atoms with Gasteiger partial charge in [0.2, 0.25) is 5.91 Å². The van der Waals surface area contributed by atoms with E-state index in [2.05, 4.69) is 0 Å². The van der Waals surface area contributed by atoms with Gasteiger partial charge in [-0.3, -0.25) is 29.4 Å². The first-order valence-electron chi connectivity index (χ1n) is 18.3. The van der Waals surface area contributed by atoms with E-state index in [-0.39, 0.29) is 48.7 Å². The number of aliphatic hydroxyl groups is 2. The smallest absolute Gasteiger partial charge is 0.269 e. The zero-order chi connectivity index (χ0) is 39.1. The highest BCUT2D eigenvalue weighted by atomic mass is 16.6. The van der Waals surface area contributed by atoms with Crippen LogP contribution in [0.2, 0.25) is 0 Å². The minimum absolute atomic E-state index is 0.0234. The molecule has 56 heavy (non-hydrogen) atoms. The maximum Gasteiger partial charge on any atom is 0.269 e. The average molecular weight is 751 g/mol. The molecule has 0 spiro atoms. The molecular formula is C44H38N4O8. The average Bonchev–Trinajstić information content (AvgIpc) is 3.34. The fourth-order valence-corrected chi connectivity index (χ4v) is 7.92. The van der Waals surface area contributed by atoms with E-state index in [9.17, 15) is 34.7 Å². The van der Waals surface area contributed by atoms with E-state index in [0.717, 1.165) is 11.1 Å². The Labute approximate surface area is 322 Å². The Kier molecular flexibility index (Phi) is 9.44. The van der Waals surface area contributed by atoms with Gasteiger partial charge in [0, 0.05) is 42.3 Å². The number of fused-ring (bicyclic) bond motifs is 4. The third-order valence-electron chi connectivity index (χ3n) is 10.9. The second kappa shape index (κ2) is 14.5. The first-order valence-corrected chi connectivity index (χ1v) is 18.3. The lowest BCUT2D eigenvalue weighted by molar-refractivity contribution is -0.385. The summed E-state index contributed by atoms with van der Waals surface area (Å²) in [5.74, 6) is -1.19. The third-order valence-corrected chi connectivity index (χ3v) is 10.9. The highest BCUT2D eigenvalue weighted by molar-refractivity contribution is 6.14. The number of nitro benzene ring substituents is 1. The Morgan fingerprint density at radius 3 is 2.45 bits per heavy atom. The molecule has 0 aromatic heterocycles. The maximum absolute atomic E-state index is 14.4. The molecule has 8 rings (SSSR count). The number of nitro groups is 1. The number of hydrogen-bond donors (Lipinski definition) is 2. The molecule has 0 saturated heterocycles. The first-order chi connectivity index (χ1) is 27.1. The van der Waals surface area contributed by atoms with Gasteiger partial charge in [-0.25, -0.2) is 0 Å². The van der Waals surface area contributed by atoms with Crippen molar-refractivity contribution in [1.82, 2.24) is 4.90 Å². The SMILES string of the molecule is C[C@@H](/C=C/CC(=O)N1Cc2ccccc2C[C@H]1CO)[C@]1(O)C(=O)N(Cc2cccc(N3C(=O)c4ccccc4Oc4ccccc43)c2)c2ccc([N+](=O)[O-])cc21. The number of rotatable bonds is 9. The second-order valence-corrected chi connectivity index (χ2v) is 14.2. The van der Waals surface area contributed by atoms with E-state index < -0.39 is 22.3 Å². The fraction of sp³-hybridized carbons (Fsp3) is 0.205. The summed E-state index contributed by atoms with van der Waals surface area (Å²) < 4.78 is 6.15. The van der Waals surface area contributed by atoms with E-state index in [1.54, 1.807) is 89.5 Å². The number of carbonyl (C=O) groups excluding carboxylic acids is 3. The normalized spacial score (nSPS) is 19.1. The maximum atomic E-state index is 14.4. The molecule has 2 N–H and O–H groups in total. The van der Waals surface area contributed by atoms with Crippen LogP contribution in [0.3, 0.4) is 0 Å². The summed E-state index contributed by atoms with van der Waals surface area (Å²) in [6.07, 6.45) is 3.66. The number of hydrogen-bond acceptors (Lipinski definition) is 8. The Balaban J connectivity index is 1.07. The first kappa shape index (κ1) is 36.4. The van der Waals surface area contributed by atoms with E-state index in [0.29, 0.717) is 52.7 Å². The number of non-ortho nitro benzene ring substituents is 1. The number of para-hydroxylation sites is 3. The summed E-state index contributed by atoms with van der Waals surface area (Å²) in [5, 5.41) is 34.2. The van der Waals surface area contributed by atoms with Gasteiger partial charge in [-0.1, -0.05) is 79.7 Å². The number of carbonyl (C=O) groups is 3. The van der Waals surface area contributed by atoms with Crippen LogP contribution in [0.25, 0.3) is 0 Å². The molecule has 0 radical (unpaired) electrons. The molecule has 282 valence electrons. The van der Waals surface area contributed by atoms with E-state index in [4.69, 9.17) is 4.74 Å². The second-order valence-electron chi connectivity index (χ2n) is 14.2. The van der Waals surface area contributed by atoms with Crippen LogP contribution >= 0.6 is 0 Å². The standard InChI is InChI=1S/C44H38N4O8/c1-28(10-8-19-41(50)45-26-31-13-3-2-12-30(31)23-34(45)27-49)44(53)36-24-33(48(54)55)20-21-37(36)46(43(44)52)25-29-11-9-14-32(22-29)47-38-16-5-7-18-40(38)56-39-17-6-4-15-35(39)42(47)51/h2-18,20-22,24,28,34,49,53H,19,23,25-27H2,1H3/b10-8+/t28-,34-,44+/m0/s1. The molecule has 12 heteroatoms. The van der Waals surface area contributed by atoms with Crippen molar-refractivity contribution in [1.29, 1.82) is 0 Å². The van der Waals surface area contributed by atoms with Crippen LogP contribution in [0.5, 0.6) is 11.5 Å².